The first-order valence-electron chi connectivity index (χ1n) is 9.03. The average molecular weight is 398 g/mol. The molecule has 0 amide bonds. The number of carbonyl (C=O) groups excluding carboxylic acids is 1. The third-order valence-corrected chi connectivity index (χ3v) is 4.10. The Morgan fingerprint density at radius 3 is 2.29 bits per heavy atom. The highest BCUT2D eigenvalue weighted by Crippen LogP contribution is 2.23. The number of ether oxygens (including phenoxy) is 1. The Morgan fingerprint density at radius 2 is 1.71 bits per heavy atom. The molecule has 0 spiro atoms. The summed E-state index contributed by atoms with van der Waals surface area (Å²) in [7, 11) is 0. The second kappa shape index (κ2) is 10.1. The van der Waals surface area contributed by atoms with E-state index in [0.717, 1.165) is 36.0 Å². The molecular weight excluding hydrogens is 376 g/mol. The summed E-state index contributed by atoms with van der Waals surface area (Å²) in [4.78, 5) is 20.2. The standard InChI is InChI=1S/C20H22F4N2O2/c1-2-3-4-15-11-25-18(26-12-15)16-8-5-14(6-9-16)7-10-17(27)28-13-20(23,24)19(21)22/h5-6,8-9,11-12,19H,2-4,7,10,13H2,1H3. The molecule has 1 aromatic carbocycles. The van der Waals surface area contributed by atoms with Crippen molar-refractivity contribution >= 4 is 5.97 Å². The first kappa shape index (κ1) is 21.8. The Kier molecular flexibility index (Phi) is 7.90. The zero-order valence-electron chi connectivity index (χ0n) is 15.5. The lowest BCUT2D eigenvalue weighted by Crippen LogP contribution is -2.33. The molecule has 0 bridgehead atoms. The number of carbonyl (C=O) groups is 1. The van der Waals surface area contributed by atoms with Crippen LogP contribution in [-0.4, -0.2) is 34.9 Å². The van der Waals surface area contributed by atoms with Crippen LogP contribution in [0.25, 0.3) is 11.4 Å². The van der Waals surface area contributed by atoms with Crippen LogP contribution >= 0.6 is 0 Å². The normalized spacial score (nSPS) is 11.6. The van der Waals surface area contributed by atoms with Gasteiger partial charge in [-0.3, -0.25) is 4.79 Å². The zero-order valence-corrected chi connectivity index (χ0v) is 15.5. The molecule has 1 aromatic heterocycles. The third-order valence-electron chi connectivity index (χ3n) is 4.10. The molecule has 0 saturated carbocycles. The largest absolute Gasteiger partial charge is 0.459 e. The number of alkyl halides is 4. The highest BCUT2D eigenvalue weighted by atomic mass is 19.3. The van der Waals surface area contributed by atoms with Crippen LogP contribution < -0.4 is 0 Å². The van der Waals surface area contributed by atoms with Crippen molar-refractivity contribution in [3.63, 3.8) is 0 Å². The number of unbranched alkanes of at least 4 members (excludes halogenated alkanes) is 1. The number of rotatable bonds is 10. The third kappa shape index (κ3) is 6.58. The number of nitrogens with zero attached hydrogens (tertiary/aromatic N) is 2. The Balaban J connectivity index is 1.84. The molecule has 0 unspecified atom stereocenters. The van der Waals surface area contributed by atoms with Gasteiger partial charge in [-0.1, -0.05) is 37.6 Å². The molecular formula is C20H22F4N2O2. The summed E-state index contributed by atoms with van der Waals surface area (Å²) in [5.41, 5.74) is 2.67. The molecule has 0 aliphatic carbocycles. The summed E-state index contributed by atoms with van der Waals surface area (Å²) in [6, 6.07) is 7.13. The van der Waals surface area contributed by atoms with E-state index >= 15 is 0 Å². The smallest absolute Gasteiger partial charge is 0.340 e. The molecule has 0 saturated heterocycles. The van der Waals surface area contributed by atoms with Gasteiger partial charge in [0.1, 0.15) is 0 Å². The highest BCUT2D eigenvalue weighted by Gasteiger charge is 2.42. The van der Waals surface area contributed by atoms with E-state index < -0.39 is 24.9 Å². The van der Waals surface area contributed by atoms with Crippen LogP contribution in [0.15, 0.2) is 36.7 Å². The van der Waals surface area contributed by atoms with Crippen molar-refractivity contribution in [1.82, 2.24) is 9.97 Å². The molecule has 0 atom stereocenters. The van der Waals surface area contributed by atoms with Crippen LogP contribution in [0.4, 0.5) is 17.6 Å². The van der Waals surface area contributed by atoms with Gasteiger partial charge in [-0.2, -0.15) is 8.78 Å². The predicted molar refractivity (Wildman–Crippen MR) is 96.3 cm³/mol. The maximum atomic E-state index is 12.7. The van der Waals surface area contributed by atoms with Crippen LogP contribution in [0.5, 0.6) is 0 Å². The minimum absolute atomic E-state index is 0.179. The Bertz CT molecular complexity index is 750. The van der Waals surface area contributed by atoms with E-state index in [4.69, 9.17) is 0 Å². The molecule has 152 valence electrons. The molecule has 0 fully saturated rings. The summed E-state index contributed by atoms with van der Waals surface area (Å²) in [5, 5.41) is 0. The second-order valence-corrected chi connectivity index (χ2v) is 6.44. The Morgan fingerprint density at radius 1 is 1.07 bits per heavy atom. The SMILES string of the molecule is CCCCc1cnc(-c2ccc(CCC(=O)OCC(F)(F)C(F)F)cc2)nc1. The minimum atomic E-state index is -4.33. The van der Waals surface area contributed by atoms with Crippen molar-refractivity contribution < 1.29 is 27.1 Å². The molecule has 0 radical (unpaired) electrons. The van der Waals surface area contributed by atoms with Crippen molar-refractivity contribution in [2.75, 3.05) is 6.61 Å². The monoisotopic (exact) mass is 398 g/mol. The lowest BCUT2D eigenvalue weighted by atomic mass is 10.1. The van der Waals surface area contributed by atoms with E-state index in [2.05, 4.69) is 21.6 Å². The number of esters is 1. The summed E-state index contributed by atoms with van der Waals surface area (Å²) in [6.07, 6.45) is 2.93. The van der Waals surface area contributed by atoms with Crippen molar-refractivity contribution in [3.8, 4) is 11.4 Å². The van der Waals surface area contributed by atoms with Gasteiger partial charge >= 0.3 is 18.3 Å². The minimum Gasteiger partial charge on any atom is -0.459 e. The van der Waals surface area contributed by atoms with Crippen LogP contribution in [0.2, 0.25) is 0 Å². The van der Waals surface area contributed by atoms with Gasteiger partial charge in [0.05, 0.1) is 0 Å². The van der Waals surface area contributed by atoms with Gasteiger partial charge in [-0.15, -0.1) is 0 Å². The lowest BCUT2D eigenvalue weighted by Gasteiger charge is -2.14. The van der Waals surface area contributed by atoms with Crippen molar-refractivity contribution in [2.24, 2.45) is 0 Å². The predicted octanol–water partition coefficient (Wildman–Crippen LogP) is 4.86. The van der Waals surface area contributed by atoms with Crippen LogP contribution in [0.3, 0.4) is 0 Å². The van der Waals surface area contributed by atoms with E-state index in [1.165, 1.54) is 0 Å². The maximum Gasteiger partial charge on any atom is 0.340 e. The number of halogens is 4. The molecule has 4 nitrogen and oxygen atoms in total. The molecule has 8 heteroatoms. The van der Waals surface area contributed by atoms with Gasteiger partial charge in [0, 0.05) is 24.4 Å². The van der Waals surface area contributed by atoms with E-state index in [0.29, 0.717) is 5.82 Å². The fourth-order valence-corrected chi connectivity index (χ4v) is 2.39. The van der Waals surface area contributed by atoms with Gasteiger partial charge in [0.15, 0.2) is 12.4 Å². The molecule has 28 heavy (non-hydrogen) atoms. The van der Waals surface area contributed by atoms with Crippen LogP contribution in [0.1, 0.15) is 37.3 Å². The van der Waals surface area contributed by atoms with Crippen molar-refractivity contribution in [2.45, 2.75) is 51.4 Å². The Hall–Kier alpha value is -2.51. The number of benzene rings is 1. The summed E-state index contributed by atoms with van der Waals surface area (Å²) in [5.74, 6) is -4.69. The van der Waals surface area contributed by atoms with Gasteiger partial charge < -0.3 is 4.74 Å². The summed E-state index contributed by atoms with van der Waals surface area (Å²) in [6.45, 7) is 0.503. The first-order valence-corrected chi connectivity index (χ1v) is 9.03. The highest BCUT2D eigenvalue weighted by molar-refractivity contribution is 5.69. The average Bonchev–Trinajstić information content (AvgIpc) is 2.70. The number of aromatic nitrogens is 2. The van der Waals surface area contributed by atoms with E-state index in [1.807, 2.05) is 0 Å². The molecule has 1 heterocycles. The topological polar surface area (TPSA) is 52.1 Å². The van der Waals surface area contributed by atoms with Crippen molar-refractivity contribution in [3.05, 3.63) is 47.8 Å². The van der Waals surface area contributed by atoms with Gasteiger partial charge in [-0.25, -0.2) is 18.7 Å². The van der Waals surface area contributed by atoms with Gasteiger partial charge in [0.2, 0.25) is 0 Å². The molecule has 0 aliphatic rings. The zero-order chi connectivity index (χ0) is 20.6. The number of hydrogen-bond donors (Lipinski definition) is 0. The quantitative estimate of drug-likeness (QED) is 0.424. The van der Waals surface area contributed by atoms with Crippen LogP contribution in [-0.2, 0) is 22.4 Å². The summed E-state index contributed by atoms with van der Waals surface area (Å²) >= 11 is 0. The number of aryl methyl sites for hydroxylation is 2. The fourth-order valence-electron chi connectivity index (χ4n) is 2.39. The fraction of sp³-hybridized carbons (Fsp3) is 0.450. The second-order valence-electron chi connectivity index (χ2n) is 6.44. The molecule has 0 N–H and O–H groups in total. The van der Waals surface area contributed by atoms with E-state index in [9.17, 15) is 22.4 Å². The van der Waals surface area contributed by atoms with Gasteiger partial charge in [0.25, 0.3) is 0 Å². The van der Waals surface area contributed by atoms with E-state index in [1.54, 1.807) is 36.7 Å². The van der Waals surface area contributed by atoms with Crippen LogP contribution in [0, 0.1) is 0 Å². The van der Waals surface area contributed by atoms with Gasteiger partial charge in [-0.05, 0) is 30.4 Å². The summed E-state index contributed by atoms with van der Waals surface area (Å²) < 4.78 is 53.7. The van der Waals surface area contributed by atoms with Crippen molar-refractivity contribution in [1.29, 1.82) is 0 Å². The maximum absolute atomic E-state index is 12.7. The Labute approximate surface area is 161 Å². The lowest BCUT2D eigenvalue weighted by molar-refractivity contribution is -0.179. The molecule has 2 aromatic rings. The van der Waals surface area contributed by atoms with E-state index in [-0.39, 0.29) is 12.8 Å². The number of hydrogen-bond acceptors (Lipinski definition) is 4. The molecule has 2 rings (SSSR count). The molecule has 0 aliphatic heterocycles. The first-order chi connectivity index (χ1) is 13.3.